The highest BCUT2D eigenvalue weighted by molar-refractivity contribution is 6.62. The standard InChI is InChI=1S/C19H26BNO5/c1-17(2)18(3,4)26-20(25-17)13-5-6-14-15(11-13)24-19(12-16(22)21-14)7-9-23-10-8-19/h5-6,11H,7-10,12H2,1-4H3,(H,21,22). The smallest absolute Gasteiger partial charge is 0.484 e. The Morgan fingerprint density at radius 1 is 1.04 bits per heavy atom. The lowest BCUT2D eigenvalue weighted by Crippen LogP contribution is -2.43. The predicted octanol–water partition coefficient (Wildman–Crippen LogP) is 2.26. The van der Waals surface area contributed by atoms with Crippen LogP contribution in [-0.2, 0) is 18.8 Å². The fraction of sp³-hybridized carbons (Fsp3) is 0.632. The van der Waals surface area contributed by atoms with Crippen LogP contribution in [0.15, 0.2) is 18.2 Å². The van der Waals surface area contributed by atoms with E-state index in [2.05, 4.69) is 5.32 Å². The molecule has 4 rings (SSSR count). The van der Waals surface area contributed by atoms with Gasteiger partial charge >= 0.3 is 7.12 Å². The molecule has 26 heavy (non-hydrogen) atoms. The summed E-state index contributed by atoms with van der Waals surface area (Å²) in [5, 5.41) is 2.96. The van der Waals surface area contributed by atoms with E-state index in [1.54, 1.807) is 0 Å². The number of hydrogen-bond donors (Lipinski definition) is 1. The summed E-state index contributed by atoms with van der Waals surface area (Å²) >= 11 is 0. The van der Waals surface area contributed by atoms with Crippen LogP contribution in [-0.4, -0.2) is 43.0 Å². The number of benzene rings is 1. The molecule has 2 fully saturated rings. The second-order valence-corrected chi connectivity index (χ2v) is 8.47. The first-order valence-corrected chi connectivity index (χ1v) is 9.26. The molecule has 0 aromatic heterocycles. The third-order valence-electron chi connectivity index (χ3n) is 6.02. The lowest BCUT2D eigenvalue weighted by molar-refractivity contribution is -0.122. The molecule has 7 heteroatoms. The lowest BCUT2D eigenvalue weighted by Gasteiger charge is -2.35. The number of anilines is 1. The Labute approximate surface area is 154 Å². The maximum atomic E-state index is 12.3. The van der Waals surface area contributed by atoms with Crippen LogP contribution >= 0.6 is 0 Å². The zero-order chi connectivity index (χ0) is 18.6. The number of carbonyl (C=O) groups excluding carboxylic acids is 1. The third kappa shape index (κ3) is 3.02. The summed E-state index contributed by atoms with van der Waals surface area (Å²) in [6, 6.07) is 5.72. The van der Waals surface area contributed by atoms with Crippen LogP contribution in [0, 0.1) is 0 Å². The summed E-state index contributed by atoms with van der Waals surface area (Å²) in [4.78, 5) is 12.3. The molecule has 0 bridgehead atoms. The minimum atomic E-state index is -0.498. The van der Waals surface area contributed by atoms with Gasteiger partial charge in [-0.1, -0.05) is 6.07 Å². The van der Waals surface area contributed by atoms with Crippen LogP contribution in [0.2, 0.25) is 0 Å². The molecule has 0 aliphatic carbocycles. The first-order chi connectivity index (χ1) is 12.2. The maximum absolute atomic E-state index is 12.3. The van der Waals surface area contributed by atoms with Gasteiger partial charge in [0.2, 0.25) is 5.91 Å². The maximum Gasteiger partial charge on any atom is 0.494 e. The minimum absolute atomic E-state index is 0.0194. The van der Waals surface area contributed by atoms with Gasteiger partial charge in [-0.05, 0) is 45.3 Å². The Morgan fingerprint density at radius 2 is 1.69 bits per heavy atom. The van der Waals surface area contributed by atoms with Crippen LogP contribution in [0.25, 0.3) is 0 Å². The Bertz CT molecular complexity index is 711. The Hall–Kier alpha value is -1.57. The van der Waals surface area contributed by atoms with E-state index in [1.165, 1.54) is 0 Å². The first-order valence-electron chi connectivity index (χ1n) is 9.26. The molecule has 0 saturated carbocycles. The van der Waals surface area contributed by atoms with Crippen molar-refractivity contribution < 1.29 is 23.6 Å². The van der Waals surface area contributed by atoms with E-state index in [1.807, 2.05) is 45.9 Å². The van der Waals surface area contributed by atoms with Crippen molar-refractivity contribution in [2.45, 2.75) is 63.8 Å². The van der Waals surface area contributed by atoms with Crippen molar-refractivity contribution in [1.29, 1.82) is 0 Å². The number of rotatable bonds is 1. The average molecular weight is 359 g/mol. The van der Waals surface area contributed by atoms with Crippen molar-refractivity contribution in [2.24, 2.45) is 0 Å². The molecule has 0 atom stereocenters. The second-order valence-electron chi connectivity index (χ2n) is 8.47. The first kappa shape index (κ1) is 17.8. The zero-order valence-electron chi connectivity index (χ0n) is 15.9. The van der Waals surface area contributed by atoms with Gasteiger partial charge in [-0.3, -0.25) is 4.79 Å². The summed E-state index contributed by atoms with van der Waals surface area (Å²) in [5.74, 6) is 0.652. The van der Waals surface area contributed by atoms with Gasteiger partial charge in [0.05, 0.1) is 36.5 Å². The van der Waals surface area contributed by atoms with E-state index in [9.17, 15) is 4.79 Å². The summed E-state index contributed by atoms with van der Waals surface area (Å²) in [6.07, 6.45) is 1.76. The van der Waals surface area contributed by atoms with Gasteiger partial charge in [0, 0.05) is 12.8 Å². The largest absolute Gasteiger partial charge is 0.494 e. The molecule has 140 valence electrons. The van der Waals surface area contributed by atoms with Crippen LogP contribution < -0.4 is 15.5 Å². The normalized spacial score (nSPS) is 26.0. The van der Waals surface area contributed by atoms with Crippen LogP contribution in [0.5, 0.6) is 5.75 Å². The average Bonchev–Trinajstić information content (AvgIpc) is 2.69. The van der Waals surface area contributed by atoms with Gasteiger partial charge < -0.3 is 24.1 Å². The quantitative estimate of drug-likeness (QED) is 0.780. The molecule has 0 unspecified atom stereocenters. The van der Waals surface area contributed by atoms with E-state index in [0.29, 0.717) is 43.9 Å². The van der Waals surface area contributed by atoms with E-state index >= 15 is 0 Å². The predicted molar refractivity (Wildman–Crippen MR) is 98.8 cm³/mol. The highest BCUT2D eigenvalue weighted by Crippen LogP contribution is 2.39. The molecule has 1 N–H and O–H groups in total. The van der Waals surface area contributed by atoms with Crippen molar-refractivity contribution in [3.05, 3.63) is 18.2 Å². The van der Waals surface area contributed by atoms with Gasteiger partial charge in [0.1, 0.15) is 11.4 Å². The molecule has 1 aromatic carbocycles. The molecule has 6 nitrogen and oxygen atoms in total. The monoisotopic (exact) mass is 359 g/mol. The molecular weight excluding hydrogens is 333 g/mol. The number of nitrogens with one attached hydrogen (secondary N) is 1. The van der Waals surface area contributed by atoms with Gasteiger partial charge in [0.15, 0.2) is 0 Å². The highest BCUT2D eigenvalue weighted by atomic mass is 16.7. The summed E-state index contributed by atoms with van der Waals surface area (Å²) < 4.78 is 24.1. The fourth-order valence-electron chi connectivity index (χ4n) is 3.63. The SMILES string of the molecule is CC1(C)OB(c2ccc3c(c2)OC2(CCOCC2)CC(=O)N3)OC1(C)C. The molecule has 3 heterocycles. The number of ether oxygens (including phenoxy) is 2. The molecule has 2 saturated heterocycles. The number of hydrogen-bond acceptors (Lipinski definition) is 5. The van der Waals surface area contributed by atoms with E-state index < -0.39 is 23.9 Å². The highest BCUT2D eigenvalue weighted by Gasteiger charge is 2.52. The van der Waals surface area contributed by atoms with Crippen LogP contribution in [0.1, 0.15) is 47.0 Å². The van der Waals surface area contributed by atoms with Crippen LogP contribution in [0.3, 0.4) is 0 Å². The van der Waals surface area contributed by atoms with Crippen molar-refractivity contribution in [3.8, 4) is 5.75 Å². The Morgan fingerprint density at radius 3 is 2.35 bits per heavy atom. The van der Waals surface area contributed by atoms with Crippen molar-refractivity contribution in [2.75, 3.05) is 18.5 Å². The van der Waals surface area contributed by atoms with Gasteiger partial charge in [-0.15, -0.1) is 0 Å². The number of amides is 1. The molecule has 1 amide bonds. The molecule has 1 aromatic rings. The fourth-order valence-corrected chi connectivity index (χ4v) is 3.63. The van der Waals surface area contributed by atoms with E-state index in [4.69, 9.17) is 18.8 Å². The molecule has 1 spiro atoms. The number of fused-ring (bicyclic) bond motifs is 1. The van der Waals surface area contributed by atoms with Crippen LogP contribution in [0.4, 0.5) is 5.69 Å². The number of carbonyl (C=O) groups is 1. The lowest BCUT2D eigenvalue weighted by atomic mass is 9.79. The van der Waals surface area contributed by atoms with E-state index in [-0.39, 0.29) is 5.91 Å². The van der Waals surface area contributed by atoms with Crippen molar-refractivity contribution in [1.82, 2.24) is 0 Å². The van der Waals surface area contributed by atoms with Gasteiger partial charge in [-0.25, -0.2) is 0 Å². The summed E-state index contributed by atoms with van der Waals surface area (Å²) in [7, 11) is -0.460. The molecule has 0 radical (unpaired) electrons. The van der Waals surface area contributed by atoms with Crippen molar-refractivity contribution >= 4 is 24.2 Å². The Kier molecular flexibility index (Phi) is 4.10. The summed E-state index contributed by atoms with van der Waals surface area (Å²) in [6.45, 7) is 9.35. The molecule has 3 aliphatic rings. The van der Waals surface area contributed by atoms with Gasteiger partial charge in [-0.2, -0.15) is 0 Å². The van der Waals surface area contributed by atoms with Crippen molar-refractivity contribution in [3.63, 3.8) is 0 Å². The third-order valence-corrected chi connectivity index (χ3v) is 6.02. The second kappa shape index (κ2) is 5.97. The Balaban J connectivity index is 1.65. The topological polar surface area (TPSA) is 66.0 Å². The zero-order valence-corrected chi connectivity index (χ0v) is 15.9. The van der Waals surface area contributed by atoms with Gasteiger partial charge in [0.25, 0.3) is 0 Å². The summed E-state index contributed by atoms with van der Waals surface area (Å²) in [5.41, 5.74) is 0.282. The minimum Gasteiger partial charge on any atom is -0.484 e. The van der Waals surface area contributed by atoms with E-state index in [0.717, 1.165) is 5.46 Å². The molecule has 3 aliphatic heterocycles. The molecular formula is C19H26BNO5.